The molecule has 0 aliphatic rings. The van der Waals surface area contributed by atoms with Crippen LogP contribution in [0.25, 0.3) is 11.0 Å². The molecule has 4 N–H and O–H groups in total. The SMILES string of the molecule is CNCCc1nc2c(C(=Nc3ccc(F)c(Cl)c3)NO)cc(F)c(F)c2[nH]1. The van der Waals surface area contributed by atoms with Crippen molar-refractivity contribution in [3.63, 3.8) is 0 Å². The summed E-state index contributed by atoms with van der Waals surface area (Å²) in [5.41, 5.74) is 2.02. The summed E-state index contributed by atoms with van der Waals surface area (Å²) in [7, 11) is 1.75. The summed E-state index contributed by atoms with van der Waals surface area (Å²) in [5.74, 6) is -2.62. The van der Waals surface area contributed by atoms with Gasteiger partial charge in [0.1, 0.15) is 22.7 Å². The first kappa shape index (κ1) is 19.2. The molecule has 0 atom stereocenters. The molecule has 3 aromatic rings. The number of likely N-dealkylation sites (N-methyl/N-ethyl adjacent to an activating group) is 1. The van der Waals surface area contributed by atoms with Gasteiger partial charge in [-0.15, -0.1) is 0 Å². The van der Waals surface area contributed by atoms with E-state index in [4.69, 9.17) is 11.6 Å². The van der Waals surface area contributed by atoms with E-state index in [1.54, 1.807) is 7.05 Å². The maximum atomic E-state index is 14.2. The van der Waals surface area contributed by atoms with Gasteiger partial charge in [-0.3, -0.25) is 10.7 Å². The van der Waals surface area contributed by atoms with Crippen LogP contribution in [0.3, 0.4) is 0 Å². The molecule has 0 unspecified atom stereocenters. The predicted molar refractivity (Wildman–Crippen MR) is 96.2 cm³/mol. The average molecular weight is 398 g/mol. The minimum absolute atomic E-state index is 0.0267. The molecule has 142 valence electrons. The first-order valence-electron chi connectivity index (χ1n) is 7.90. The Hall–Kier alpha value is -2.62. The normalized spacial score (nSPS) is 12.0. The van der Waals surface area contributed by atoms with Crippen LogP contribution in [-0.4, -0.2) is 34.6 Å². The van der Waals surface area contributed by atoms with Crippen molar-refractivity contribution in [1.82, 2.24) is 20.8 Å². The summed E-state index contributed by atoms with van der Waals surface area (Å²) in [4.78, 5) is 11.1. The molecule has 1 heterocycles. The van der Waals surface area contributed by atoms with E-state index in [0.717, 1.165) is 12.1 Å². The molecule has 3 rings (SSSR count). The molecule has 2 aromatic carbocycles. The monoisotopic (exact) mass is 397 g/mol. The van der Waals surface area contributed by atoms with E-state index in [2.05, 4.69) is 20.3 Å². The van der Waals surface area contributed by atoms with E-state index < -0.39 is 17.5 Å². The number of hydrogen-bond acceptors (Lipinski definition) is 4. The number of halogens is 4. The minimum atomic E-state index is -1.14. The van der Waals surface area contributed by atoms with Gasteiger partial charge in [0.05, 0.1) is 16.3 Å². The topological polar surface area (TPSA) is 85.3 Å². The standard InChI is InChI=1S/C17H15ClF3N5O/c1-22-5-4-13-24-15-9(7-12(20)14(21)16(15)25-13)17(26-27)23-8-2-3-11(19)10(18)6-8/h2-3,6-7,22,27H,4-5H2,1H3,(H,23,26)(H,24,25). The van der Waals surface area contributed by atoms with Crippen LogP contribution >= 0.6 is 11.6 Å². The largest absolute Gasteiger partial charge is 0.339 e. The first-order chi connectivity index (χ1) is 12.9. The number of nitrogens with one attached hydrogen (secondary N) is 3. The molecule has 0 aliphatic carbocycles. The van der Waals surface area contributed by atoms with Crippen LogP contribution in [-0.2, 0) is 6.42 Å². The molecule has 27 heavy (non-hydrogen) atoms. The fourth-order valence-corrected chi connectivity index (χ4v) is 2.70. The second kappa shape index (κ2) is 7.95. The number of rotatable bonds is 5. The van der Waals surface area contributed by atoms with E-state index >= 15 is 0 Å². The van der Waals surface area contributed by atoms with Crippen LogP contribution in [0.1, 0.15) is 11.4 Å². The van der Waals surface area contributed by atoms with E-state index in [0.29, 0.717) is 18.8 Å². The number of amidine groups is 1. The lowest BCUT2D eigenvalue weighted by Gasteiger charge is -2.07. The lowest BCUT2D eigenvalue weighted by atomic mass is 10.1. The number of aromatic nitrogens is 2. The molecular formula is C17H15ClF3N5O. The molecular weight excluding hydrogens is 383 g/mol. The average Bonchev–Trinajstić information content (AvgIpc) is 3.08. The Kier molecular flexibility index (Phi) is 5.64. The van der Waals surface area contributed by atoms with Gasteiger partial charge >= 0.3 is 0 Å². The third kappa shape index (κ3) is 3.90. The van der Waals surface area contributed by atoms with Crippen molar-refractivity contribution in [3.05, 3.63) is 58.1 Å². The lowest BCUT2D eigenvalue weighted by molar-refractivity contribution is 0.235. The van der Waals surface area contributed by atoms with E-state index in [-0.39, 0.29) is 33.1 Å². The van der Waals surface area contributed by atoms with E-state index in [1.807, 2.05) is 5.48 Å². The number of hydrogen-bond donors (Lipinski definition) is 4. The van der Waals surface area contributed by atoms with Gasteiger partial charge in [-0.05, 0) is 31.3 Å². The number of benzene rings is 2. The lowest BCUT2D eigenvalue weighted by Crippen LogP contribution is -2.21. The summed E-state index contributed by atoms with van der Waals surface area (Å²) >= 11 is 5.72. The third-order valence-corrected chi connectivity index (χ3v) is 4.11. The number of aromatic amines is 1. The Balaban J connectivity index is 2.14. The minimum Gasteiger partial charge on any atom is -0.339 e. The van der Waals surface area contributed by atoms with Gasteiger partial charge in [0, 0.05) is 13.0 Å². The van der Waals surface area contributed by atoms with E-state index in [1.165, 1.54) is 12.1 Å². The molecule has 0 spiro atoms. The Bertz CT molecular complexity index is 1020. The highest BCUT2D eigenvalue weighted by Crippen LogP contribution is 2.26. The molecule has 0 radical (unpaired) electrons. The van der Waals surface area contributed by atoms with Crippen molar-refractivity contribution < 1.29 is 18.4 Å². The molecule has 0 fully saturated rings. The Morgan fingerprint density at radius 3 is 2.70 bits per heavy atom. The molecule has 0 saturated heterocycles. The Morgan fingerprint density at radius 1 is 1.26 bits per heavy atom. The first-order valence-corrected chi connectivity index (χ1v) is 8.27. The summed E-state index contributed by atoms with van der Waals surface area (Å²) < 4.78 is 41.5. The van der Waals surface area contributed by atoms with Crippen molar-refractivity contribution in [3.8, 4) is 0 Å². The zero-order valence-electron chi connectivity index (χ0n) is 14.1. The Labute approximate surface area is 157 Å². The van der Waals surface area contributed by atoms with Crippen molar-refractivity contribution in [1.29, 1.82) is 0 Å². The van der Waals surface area contributed by atoms with Crippen molar-refractivity contribution >= 4 is 34.2 Å². The highest BCUT2D eigenvalue weighted by atomic mass is 35.5. The van der Waals surface area contributed by atoms with E-state index in [9.17, 15) is 18.4 Å². The number of imidazole rings is 1. The molecule has 0 bridgehead atoms. The third-order valence-electron chi connectivity index (χ3n) is 3.83. The second-order valence-electron chi connectivity index (χ2n) is 5.65. The van der Waals surface area contributed by atoms with Gasteiger partial charge in [0.2, 0.25) is 0 Å². The fourth-order valence-electron chi connectivity index (χ4n) is 2.53. The summed E-state index contributed by atoms with van der Waals surface area (Å²) in [6, 6.07) is 4.52. The predicted octanol–water partition coefficient (Wildman–Crippen LogP) is 3.45. The van der Waals surface area contributed by atoms with Crippen LogP contribution in [0.5, 0.6) is 0 Å². The number of aliphatic imine (C=N–C) groups is 1. The molecule has 1 aromatic heterocycles. The zero-order valence-corrected chi connectivity index (χ0v) is 14.8. The number of hydroxylamine groups is 1. The smallest absolute Gasteiger partial charge is 0.184 e. The van der Waals surface area contributed by atoms with Gasteiger partial charge in [-0.25, -0.2) is 23.1 Å². The van der Waals surface area contributed by atoms with Crippen LogP contribution in [0, 0.1) is 17.5 Å². The highest BCUT2D eigenvalue weighted by molar-refractivity contribution is 6.31. The van der Waals surface area contributed by atoms with Gasteiger partial charge in [-0.2, -0.15) is 0 Å². The van der Waals surface area contributed by atoms with Crippen LogP contribution in [0.4, 0.5) is 18.9 Å². The fraction of sp³-hybridized carbons (Fsp3) is 0.176. The molecule has 6 nitrogen and oxygen atoms in total. The summed E-state index contributed by atoms with van der Waals surface area (Å²) in [6.07, 6.45) is 0.457. The summed E-state index contributed by atoms with van der Waals surface area (Å²) in [5, 5.41) is 12.2. The summed E-state index contributed by atoms with van der Waals surface area (Å²) in [6.45, 7) is 0.576. The van der Waals surface area contributed by atoms with Crippen molar-refractivity contribution in [2.45, 2.75) is 6.42 Å². The Morgan fingerprint density at radius 2 is 2.04 bits per heavy atom. The maximum absolute atomic E-state index is 14.2. The highest BCUT2D eigenvalue weighted by Gasteiger charge is 2.20. The number of fused-ring (bicyclic) bond motifs is 1. The van der Waals surface area contributed by atoms with Crippen LogP contribution < -0.4 is 10.8 Å². The molecule has 0 saturated carbocycles. The van der Waals surface area contributed by atoms with Gasteiger partial charge in [-0.1, -0.05) is 11.6 Å². The zero-order chi connectivity index (χ0) is 19.6. The van der Waals surface area contributed by atoms with Gasteiger partial charge < -0.3 is 10.3 Å². The molecule has 0 amide bonds. The quantitative estimate of drug-likeness (QED) is 0.302. The van der Waals surface area contributed by atoms with Gasteiger partial charge in [0.15, 0.2) is 17.5 Å². The van der Waals surface area contributed by atoms with Crippen molar-refractivity contribution in [2.75, 3.05) is 13.6 Å². The maximum Gasteiger partial charge on any atom is 0.184 e. The number of nitrogens with zero attached hydrogens (tertiary/aromatic N) is 2. The van der Waals surface area contributed by atoms with Crippen molar-refractivity contribution in [2.24, 2.45) is 4.99 Å². The molecule has 0 aliphatic heterocycles. The van der Waals surface area contributed by atoms with Crippen LogP contribution in [0.2, 0.25) is 5.02 Å². The second-order valence-corrected chi connectivity index (χ2v) is 6.06. The van der Waals surface area contributed by atoms with Crippen LogP contribution in [0.15, 0.2) is 29.3 Å². The van der Waals surface area contributed by atoms with Gasteiger partial charge in [0.25, 0.3) is 0 Å². The number of H-pyrrole nitrogens is 1. The molecule has 10 heteroatoms.